The monoisotopic (exact) mass is 630 g/mol. The number of hydrogen-bond donors (Lipinski definition) is 4. The summed E-state index contributed by atoms with van der Waals surface area (Å²) in [4.78, 5) is 64.3. The Morgan fingerprint density at radius 2 is 1.71 bits per heavy atom. The Hall–Kier alpha value is -3.93. The van der Waals surface area contributed by atoms with Crippen molar-refractivity contribution < 1.29 is 38.2 Å². The molecule has 0 radical (unpaired) electrons. The fourth-order valence-corrected chi connectivity index (χ4v) is 4.84. The zero-order chi connectivity index (χ0) is 33.6. The van der Waals surface area contributed by atoms with Gasteiger partial charge in [0.15, 0.2) is 0 Å². The Morgan fingerprint density at radius 3 is 2.29 bits per heavy atom. The molecule has 4 N–H and O–H groups in total. The number of rotatable bonds is 16. The molecule has 12 nitrogen and oxygen atoms in total. The number of carbonyl (C=O) groups is 5. The van der Waals surface area contributed by atoms with Gasteiger partial charge in [-0.15, -0.1) is 0 Å². The maximum atomic E-state index is 13.6. The molecule has 0 spiro atoms. The molecular weight excluding hydrogens is 580 g/mol. The average molecular weight is 631 g/mol. The van der Waals surface area contributed by atoms with E-state index in [2.05, 4.69) is 21.3 Å². The summed E-state index contributed by atoms with van der Waals surface area (Å²) < 4.78 is 16.5. The number of hydrogen-bond acceptors (Lipinski definition) is 8. The van der Waals surface area contributed by atoms with E-state index in [-0.39, 0.29) is 31.0 Å². The van der Waals surface area contributed by atoms with Crippen LogP contribution in [0.2, 0.25) is 0 Å². The molecule has 2 rings (SSSR count). The molecule has 1 heterocycles. The largest absolute Gasteiger partial charge is 0.460 e. The second-order valence-corrected chi connectivity index (χ2v) is 12.4. The molecule has 1 saturated heterocycles. The van der Waals surface area contributed by atoms with Gasteiger partial charge in [-0.05, 0) is 66.4 Å². The molecule has 1 aromatic carbocycles. The third kappa shape index (κ3) is 14.1. The Kier molecular flexibility index (Phi) is 15.0. The van der Waals surface area contributed by atoms with Gasteiger partial charge in [0, 0.05) is 24.6 Å². The molecule has 1 aromatic rings. The van der Waals surface area contributed by atoms with Gasteiger partial charge in [0.1, 0.15) is 18.7 Å². The first-order valence-corrected chi connectivity index (χ1v) is 15.6. The van der Waals surface area contributed by atoms with E-state index in [9.17, 15) is 24.0 Å². The van der Waals surface area contributed by atoms with E-state index < -0.39 is 53.7 Å². The highest BCUT2D eigenvalue weighted by molar-refractivity contribution is 5.92. The SMILES string of the molecule is CCC[C@H](NC(=O)[C@@H](NC(=O)OCc1ccccc1)C(C)OC(C)(C)C)C(=O)N[C@H](/C=C/C(=O)OC(C)C)CC1CCNC1=O. The van der Waals surface area contributed by atoms with Crippen LogP contribution < -0.4 is 21.3 Å². The van der Waals surface area contributed by atoms with Crippen LogP contribution in [0.15, 0.2) is 42.5 Å². The van der Waals surface area contributed by atoms with Gasteiger partial charge in [-0.2, -0.15) is 0 Å². The summed E-state index contributed by atoms with van der Waals surface area (Å²) in [6, 6.07) is 6.30. The van der Waals surface area contributed by atoms with Crippen molar-refractivity contribution in [2.24, 2.45) is 5.92 Å². The van der Waals surface area contributed by atoms with Gasteiger partial charge in [-0.1, -0.05) is 49.8 Å². The van der Waals surface area contributed by atoms with Crippen molar-refractivity contribution >= 4 is 29.8 Å². The van der Waals surface area contributed by atoms with Crippen molar-refractivity contribution in [3.05, 3.63) is 48.0 Å². The van der Waals surface area contributed by atoms with Gasteiger partial charge in [0.05, 0.1) is 17.8 Å². The third-order valence-electron chi connectivity index (χ3n) is 6.83. The molecule has 0 aromatic heterocycles. The number of amides is 4. The van der Waals surface area contributed by atoms with E-state index in [1.807, 2.05) is 58.0 Å². The predicted molar refractivity (Wildman–Crippen MR) is 169 cm³/mol. The van der Waals surface area contributed by atoms with E-state index >= 15 is 0 Å². The van der Waals surface area contributed by atoms with E-state index in [0.29, 0.717) is 25.8 Å². The van der Waals surface area contributed by atoms with Crippen LogP contribution in [0.5, 0.6) is 0 Å². The Labute approximate surface area is 266 Å². The molecular formula is C33H50N4O8. The maximum Gasteiger partial charge on any atom is 0.408 e. The van der Waals surface area contributed by atoms with Crippen LogP contribution in [0, 0.1) is 5.92 Å². The van der Waals surface area contributed by atoms with Crippen LogP contribution in [0.1, 0.15) is 79.7 Å². The number of nitrogens with one attached hydrogen (secondary N) is 4. The molecule has 12 heteroatoms. The smallest absolute Gasteiger partial charge is 0.408 e. The molecule has 1 aliphatic heterocycles. The minimum Gasteiger partial charge on any atom is -0.460 e. The van der Waals surface area contributed by atoms with E-state index in [4.69, 9.17) is 14.2 Å². The zero-order valence-corrected chi connectivity index (χ0v) is 27.5. The number of esters is 1. The van der Waals surface area contributed by atoms with Crippen LogP contribution in [-0.2, 0) is 40.0 Å². The molecule has 5 atom stereocenters. The highest BCUT2D eigenvalue weighted by atomic mass is 16.6. The highest BCUT2D eigenvalue weighted by Crippen LogP contribution is 2.18. The number of benzene rings is 1. The summed E-state index contributed by atoms with van der Waals surface area (Å²) in [5.41, 5.74) is 0.153. The van der Waals surface area contributed by atoms with E-state index in [1.54, 1.807) is 20.8 Å². The minimum absolute atomic E-state index is 0.00895. The van der Waals surface area contributed by atoms with Crippen LogP contribution in [0.3, 0.4) is 0 Å². The van der Waals surface area contributed by atoms with E-state index in [0.717, 1.165) is 5.56 Å². The molecule has 250 valence electrons. The van der Waals surface area contributed by atoms with Gasteiger partial charge in [0.25, 0.3) is 0 Å². The van der Waals surface area contributed by atoms with Gasteiger partial charge in [-0.3, -0.25) is 14.4 Å². The number of carbonyl (C=O) groups excluding carboxylic acids is 5. The lowest BCUT2D eigenvalue weighted by Gasteiger charge is -2.31. The topological polar surface area (TPSA) is 161 Å². The lowest BCUT2D eigenvalue weighted by molar-refractivity contribution is -0.141. The first-order valence-electron chi connectivity index (χ1n) is 15.6. The fourth-order valence-electron chi connectivity index (χ4n) is 4.84. The van der Waals surface area contributed by atoms with Gasteiger partial charge < -0.3 is 35.5 Å². The van der Waals surface area contributed by atoms with Crippen molar-refractivity contribution in [1.29, 1.82) is 0 Å². The molecule has 45 heavy (non-hydrogen) atoms. The quantitative estimate of drug-likeness (QED) is 0.160. The van der Waals surface area contributed by atoms with Crippen LogP contribution in [0.25, 0.3) is 0 Å². The molecule has 0 bridgehead atoms. The van der Waals surface area contributed by atoms with Crippen LogP contribution >= 0.6 is 0 Å². The standard InChI is InChI=1S/C33H50N4O8/c1-8-12-26(30(40)35-25(15-16-27(38)44-21(2)3)19-24-17-18-34-29(24)39)36-31(41)28(22(4)45-33(5,6)7)37-32(42)43-20-23-13-10-9-11-14-23/h9-11,13-16,21-22,24-26,28H,8,12,17-20H2,1-7H3,(H,34,39)(H,35,40)(H,36,41)(H,37,42)/b16-15+/t22?,24?,25-,26+,28+/m1/s1. The normalized spacial score (nSPS) is 17.6. The number of alkyl carbamates (subject to hydrolysis) is 1. The molecule has 1 aliphatic rings. The number of ether oxygens (including phenoxy) is 3. The van der Waals surface area contributed by atoms with Crippen molar-refractivity contribution in [3.63, 3.8) is 0 Å². The summed E-state index contributed by atoms with van der Waals surface area (Å²) in [7, 11) is 0. The maximum absolute atomic E-state index is 13.6. The van der Waals surface area contributed by atoms with Crippen LogP contribution in [0.4, 0.5) is 4.79 Å². The summed E-state index contributed by atoms with van der Waals surface area (Å²) in [5, 5.41) is 11.0. The summed E-state index contributed by atoms with van der Waals surface area (Å²) in [6.45, 7) is 13.0. The van der Waals surface area contributed by atoms with Crippen LogP contribution in [-0.4, -0.2) is 72.3 Å². The Bertz CT molecular complexity index is 1160. The van der Waals surface area contributed by atoms with Gasteiger partial charge in [0.2, 0.25) is 17.7 Å². The summed E-state index contributed by atoms with van der Waals surface area (Å²) in [5.74, 6) is -2.15. The predicted octanol–water partition coefficient (Wildman–Crippen LogP) is 3.29. The lowest BCUT2D eigenvalue weighted by Crippen LogP contribution is -2.58. The highest BCUT2D eigenvalue weighted by Gasteiger charge is 2.34. The fraction of sp³-hybridized carbons (Fsp3) is 0.606. The first kappa shape index (κ1) is 37.3. The molecule has 0 aliphatic carbocycles. The Morgan fingerprint density at radius 1 is 1.02 bits per heavy atom. The summed E-state index contributed by atoms with van der Waals surface area (Å²) in [6.07, 6.45) is 2.57. The molecule has 4 amide bonds. The molecule has 1 fully saturated rings. The van der Waals surface area contributed by atoms with Crippen molar-refractivity contribution in [2.45, 2.75) is 117 Å². The average Bonchev–Trinajstić information content (AvgIpc) is 3.36. The van der Waals surface area contributed by atoms with Gasteiger partial charge >= 0.3 is 12.1 Å². The summed E-state index contributed by atoms with van der Waals surface area (Å²) >= 11 is 0. The zero-order valence-electron chi connectivity index (χ0n) is 27.5. The van der Waals surface area contributed by atoms with Crippen molar-refractivity contribution in [3.8, 4) is 0 Å². The van der Waals surface area contributed by atoms with Gasteiger partial charge in [-0.25, -0.2) is 9.59 Å². The molecule has 2 unspecified atom stereocenters. The Balaban J connectivity index is 2.19. The molecule has 0 saturated carbocycles. The lowest BCUT2D eigenvalue weighted by atomic mass is 9.97. The van der Waals surface area contributed by atoms with Crippen molar-refractivity contribution in [1.82, 2.24) is 21.3 Å². The third-order valence-corrected chi connectivity index (χ3v) is 6.83. The minimum atomic E-state index is -1.18. The first-order chi connectivity index (χ1) is 21.2. The second-order valence-electron chi connectivity index (χ2n) is 12.4. The van der Waals surface area contributed by atoms with E-state index in [1.165, 1.54) is 12.2 Å². The second kappa shape index (κ2) is 18.1. The van der Waals surface area contributed by atoms with Crippen molar-refractivity contribution in [2.75, 3.05) is 6.54 Å².